The summed E-state index contributed by atoms with van der Waals surface area (Å²) in [5.74, 6) is -0.863. The Morgan fingerprint density at radius 1 is 1.56 bits per heavy atom. The summed E-state index contributed by atoms with van der Waals surface area (Å²) in [5.41, 5.74) is -0.990. The summed E-state index contributed by atoms with van der Waals surface area (Å²) in [6.07, 6.45) is 4.02. The first-order valence-corrected chi connectivity index (χ1v) is 5.76. The molecule has 1 heterocycles. The number of likely N-dealkylation sites (N-methyl/N-ethyl adjacent to an activating group) is 1. The molecule has 1 atom stereocenters. The Morgan fingerprint density at radius 2 is 2.25 bits per heavy atom. The smallest absolute Gasteiger partial charge is 0.330 e. The number of hydrogen-bond acceptors (Lipinski definition) is 3. The minimum Gasteiger partial charge on any atom is -0.479 e. The van der Waals surface area contributed by atoms with E-state index in [4.69, 9.17) is 0 Å². The van der Waals surface area contributed by atoms with Crippen molar-refractivity contribution in [3.8, 4) is 0 Å². The van der Waals surface area contributed by atoms with Crippen LogP contribution in [0.4, 0.5) is 0 Å². The third kappa shape index (κ3) is 1.80. The second-order valence-corrected chi connectivity index (χ2v) is 4.92. The second kappa shape index (κ2) is 4.05. The Balaban J connectivity index is 2.25. The van der Waals surface area contributed by atoms with Gasteiger partial charge < -0.3 is 14.9 Å². The summed E-state index contributed by atoms with van der Waals surface area (Å²) in [6, 6.07) is 0.153. The first-order valence-electron chi connectivity index (χ1n) is 5.76. The molecule has 0 aromatic rings. The molecule has 1 aliphatic heterocycles. The van der Waals surface area contributed by atoms with Crippen molar-refractivity contribution in [2.24, 2.45) is 0 Å². The fourth-order valence-electron chi connectivity index (χ4n) is 2.63. The highest BCUT2D eigenvalue weighted by atomic mass is 16.4. The van der Waals surface area contributed by atoms with Crippen LogP contribution < -0.4 is 0 Å². The van der Waals surface area contributed by atoms with E-state index in [9.17, 15) is 14.7 Å². The maximum absolute atomic E-state index is 11.5. The molecular formula is C11H18N2O3. The molecule has 0 aromatic carbocycles. The largest absolute Gasteiger partial charge is 0.479 e. The van der Waals surface area contributed by atoms with E-state index in [0.717, 1.165) is 32.2 Å². The quantitative estimate of drug-likeness (QED) is 0.693. The highest BCUT2D eigenvalue weighted by molar-refractivity contribution is 5.82. The predicted molar refractivity (Wildman–Crippen MR) is 58.0 cm³/mol. The van der Waals surface area contributed by atoms with Crippen LogP contribution in [-0.2, 0) is 9.59 Å². The Labute approximate surface area is 95.0 Å². The van der Waals surface area contributed by atoms with Gasteiger partial charge in [-0.15, -0.1) is 0 Å². The molecule has 1 saturated carbocycles. The zero-order valence-corrected chi connectivity index (χ0v) is 9.56. The number of piperidine rings is 1. The molecule has 5 heteroatoms. The molecule has 5 nitrogen and oxygen atoms in total. The average molecular weight is 226 g/mol. The first kappa shape index (κ1) is 11.4. The topological polar surface area (TPSA) is 60.9 Å². The number of rotatable bonds is 4. The van der Waals surface area contributed by atoms with E-state index >= 15 is 0 Å². The van der Waals surface area contributed by atoms with Crippen LogP contribution in [0.15, 0.2) is 0 Å². The van der Waals surface area contributed by atoms with E-state index in [1.807, 2.05) is 11.9 Å². The van der Waals surface area contributed by atoms with Crippen molar-refractivity contribution >= 4 is 12.4 Å². The number of aliphatic carboxylic acids is 1. The van der Waals surface area contributed by atoms with Crippen LogP contribution in [0.5, 0.6) is 0 Å². The molecule has 16 heavy (non-hydrogen) atoms. The number of carboxylic acid groups (broad SMARTS) is 1. The third-order valence-corrected chi connectivity index (χ3v) is 3.61. The van der Waals surface area contributed by atoms with Gasteiger partial charge in [0.25, 0.3) is 0 Å². The van der Waals surface area contributed by atoms with Crippen molar-refractivity contribution in [3.63, 3.8) is 0 Å². The van der Waals surface area contributed by atoms with Gasteiger partial charge in [-0.1, -0.05) is 0 Å². The normalized spacial score (nSPS) is 31.1. The molecule has 2 fully saturated rings. The van der Waals surface area contributed by atoms with E-state index in [1.54, 1.807) is 4.90 Å². The summed E-state index contributed by atoms with van der Waals surface area (Å²) in [5, 5.41) is 9.46. The van der Waals surface area contributed by atoms with Crippen LogP contribution in [0, 0.1) is 0 Å². The van der Waals surface area contributed by atoms with Crippen molar-refractivity contribution < 1.29 is 14.7 Å². The van der Waals surface area contributed by atoms with E-state index in [1.165, 1.54) is 0 Å². The summed E-state index contributed by atoms with van der Waals surface area (Å²) >= 11 is 0. The van der Waals surface area contributed by atoms with E-state index in [2.05, 4.69) is 0 Å². The number of carbonyl (C=O) groups is 2. The van der Waals surface area contributed by atoms with Gasteiger partial charge in [0, 0.05) is 12.6 Å². The first-order chi connectivity index (χ1) is 7.60. The van der Waals surface area contributed by atoms with Gasteiger partial charge in [0.05, 0.1) is 0 Å². The van der Waals surface area contributed by atoms with Gasteiger partial charge in [0.1, 0.15) is 0 Å². The standard InChI is InChI=1S/C11H18N2O3/c1-12-6-2-5-11(7-12,10(15)16)13(8-14)9-3-4-9/h8-9H,2-7H2,1H3,(H,15,16). The van der Waals surface area contributed by atoms with E-state index in [0.29, 0.717) is 13.0 Å². The lowest BCUT2D eigenvalue weighted by atomic mass is 9.87. The van der Waals surface area contributed by atoms with Crippen LogP contribution in [0.1, 0.15) is 25.7 Å². The molecule has 2 rings (SSSR count). The molecule has 0 aromatic heterocycles. The van der Waals surface area contributed by atoms with E-state index < -0.39 is 11.5 Å². The number of carboxylic acids is 1. The Hall–Kier alpha value is -1.10. The lowest BCUT2D eigenvalue weighted by molar-refractivity contribution is -0.159. The Morgan fingerprint density at radius 3 is 2.69 bits per heavy atom. The molecule has 0 spiro atoms. The molecule has 0 bridgehead atoms. The van der Waals surface area contributed by atoms with Crippen LogP contribution in [0.3, 0.4) is 0 Å². The molecule has 1 aliphatic carbocycles. The summed E-state index contributed by atoms with van der Waals surface area (Å²) in [4.78, 5) is 26.2. The Bertz CT molecular complexity index is 304. The fourth-order valence-corrected chi connectivity index (χ4v) is 2.63. The molecule has 1 N–H and O–H groups in total. The predicted octanol–water partition coefficient (Wildman–Crippen LogP) is 0.156. The van der Waals surface area contributed by atoms with Crippen molar-refractivity contribution in [1.29, 1.82) is 0 Å². The minimum absolute atomic E-state index is 0.153. The number of likely N-dealkylation sites (tertiary alicyclic amines) is 1. The fraction of sp³-hybridized carbons (Fsp3) is 0.818. The molecule has 1 amide bonds. The van der Waals surface area contributed by atoms with Crippen LogP contribution in [0.25, 0.3) is 0 Å². The number of nitrogens with zero attached hydrogens (tertiary/aromatic N) is 2. The molecule has 2 aliphatic rings. The van der Waals surface area contributed by atoms with Gasteiger partial charge >= 0.3 is 5.97 Å². The summed E-state index contributed by atoms with van der Waals surface area (Å²) in [6.45, 7) is 1.35. The minimum atomic E-state index is -0.990. The number of amides is 1. The average Bonchev–Trinajstić information content (AvgIpc) is 3.03. The van der Waals surface area contributed by atoms with Gasteiger partial charge in [-0.25, -0.2) is 4.79 Å². The maximum atomic E-state index is 11.5. The monoisotopic (exact) mass is 226 g/mol. The van der Waals surface area contributed by atoms with Crippen LogP contribution in [-0.4, -0.2) is 59.0 Å². The van der Waals surface area contributed by atoms with E-state index in [-0.39, 0.29) is 6.04 Å². The van der Waals surface area contributed by atoms with Crippen LogP contribution in [0.2, 0.25) is 0 Å². The highest BCUT2D eigenvalue weighted by Gasteiger charge is 2.50. The zero-order valence-electron chi connectivity index (χ0n) is 9.56. The molecule has 0 radical (unpaired) electrons. The maximum Gasteiger partial charge on any atom is 0.330 e. The number of carbonyl (C=O) groups excluding carboxylic acids is 1. The van der Waals surface area contributed by atoms with Crippen molar-refractivity contribution in [3.05, 3.63) is 0 Å². The molecule has 1 unspecified atom stereocenters. The number of hydrogen-bond donors (Lipinski definition) is 1. The van der Waals surface area contributed by atoms with Gasteiger partial charge in [-0.2, -0.15) is 0 Å². The van der Waals surface area contributed by atoms with Crippen molar-refractivity contribution in [2.45, 2.75) is 37.3 Å². The van der Waals surface area contributed by atoms with Crippen molar-refractivity contribution in [2.75, 3.05) is 20.1 Å². The second-order valence-electron chi connectivity index (χ2n) is 4.92. The highest BCUT2D eigenvalue weighted by Crippen LogP contribution is 2.36. The van der Waals surface area contributed by atoms with Gasteiger partial charge in [0.15, 0.2) is 5.54 Å². The zero-order chi connectivity index (χ0) is 11.8. The van der Waals surface area contributed by atoms with Gasteiger partial charge in [-0.05, 0) is 39.3 Å². The lowest BCUT2D eigenvalue weighted by Crippen LogP contribution is -2.63. The molecule has 1 saturated heterocycles. The molecular weight excluding hydrogens is 208 g/mol. The van der Waals surface area contributed by atoms with Crippen molar-refractivity contribution in [1.82, 2.24) is 9.80 Å². The third-order valence-electron chi connectivity index (χ3n) is 3.61. The SMILES string of the molecule is CN1CCCC(C(=O)O)(N(C=O)C2CC2)C1. The van der Waals surface area contributed by atoms with Gasteiger partial charge in [0.2, 0.25) is 6.41 Å². The Kier molecular flexibility index (Phi) is 2.88. The summed E-state index contributed by atoms with van der Waals surface area (Å²) < 4.78 is 0. The summed E-state index contributed by atoms with van der Waals surface area (Å²) in [7, 11) is 1.91. The lowest BCUT2D eigenvalue weighted by Gasteiger charge is -2.44. The van der Waals surface area contributed by atoms with Gasteiger partial charge in [-0.3, -0.25) is 4.79 Å². The van der Waals surface area contributed by atoms with Crippen LogP contribution >= 0.6 is 0 Å². The molecule has 90 valence electrons.